The van der Waals surface area contributed by atoms with Crippen molar-refractivity contribution >= 4 is 20.2 Å². The third kappa shape index (κ3) is 4.79. The summed E-state index contributed by atoms with van der Waals surface area (Å²) in [6.45, 7) is 4.79. The van der Waals surface area contributed by atoms with Crippen molar-refractivity contribution in [1.29, 1.82) is 0 Å². The highest BCUT2D eigenvalue weighted by Crippen LogP contribution is 2.21. The standard InChI is InChI=1S/C16H27N3O4S2/c1-13-5-6-14(2)16(11-13)24(20,21)17-12-15-7-9-19(10-8-15)25(22,23)18(3)4/h5-6,11,15,17H,7-10,12H2,1-4H3. The van der Waals surface area contributed by atoms with Crippen molar-refractivity contribution in [2.24, 2.45) is 5.92 Å². The fourth-order valence-electron chi connectivity index (χ4n) is 2.88. The van der Waals surface area contributed by atoms with Gasteiger partial charge in [-0.05, 0) is 49.8 Å². The molecule has 1 aromatic rings. The van der Waals surface area contributed by atoms with Crippen molar-refractivity contribution in [3.05, 3.63) is 29.3 Å². The Morgan fingerprint density at radius 1 is 1.12 bits per heavy atom. The highest BCUT2D eigenvalue weighted by Gasteiger charge is 2.30. The molecule has 0 unspecified atom stereocenters. The molecular formula is C16H27N3O4S2. The van der Waals surface area contributed by atoms with E-state index < -0.39 is 20.2 Å². The molecule has 1 fully saturated rings. The molecule has 25 heavy (non-hydrogen) atoms. The van der Waals surface area contributed by atoms with Gasteiger partial charge in [0, 0.05) is 33.7 Å². The van der Waals surface area contributed by atoms with E-state index in [1.807, 2.05) is 13.0 Å². The fraction of sp³-hybridized carbons (Fsp3) is 0.625. The summed E-state index contributed by atoms with van der Waals surface area (Å²) in [5.74, 6) is 0.133. The topological polar surface area (TPSA) is 86.8 Å². The summed E-state index contributed by atoms with van der Waals surface area (Å²) >= 11 is 0. The maximum Gasteiger partial charge on any atom is 0.281 e. The molecule has 1 aromatic carbocycles. The molecular weight excluding hydrogens is 362 g/mol. The summed E-state index contributed by atoms with van der Waals surface area (Å²) in [7, 11) is -3.92. The van der Waals surface area contributed by atoms with Crippen LogP contribution in [-0.4, -0.2) is 59.2 Å². The summed E-state index contributed by atoms with van der Waals surface area (Å²) in [6.07, 6.45) is 1.28. The van der Waals surface area contributed by atoms with E-state index in [-0.39, 0.29) is 5.92 Å². The highest BCUT2D eigenvalue weighted by molar-refractivity contribution is 7.89. The van der Waals surface area contributed by atoms with Crippen LogP contribution in [0.4, 0.5) is 0 Å². The smallest absolute Gasteiger partial charge is 0.211 e. The highest BCUT2D eigenvalue weighted by atomic mass is 32.2. The van der Waals surface area contributed by atoms with E-state index in [4.69, 9.17) is 0 Å². The monoisotopic (exact) mass is 389 g/mol. The lowest BCUT2D eigenvalue weighted by Gasteiger charge is -2.32. The van der Waals surface area contributed by atoms with Crippen molar-refractivity contribution in [2.45, 2.75) is 31.6 Å². The molecule has 1 N–H and O–H groups in total. The number of benzene rings is 1. The maximum atomic E-state index is 12.5. The van der Waals surface area contributed by atoms with Crippen molar-refractivity contribution in [3.8, 4) is 0 Å². The van der Waals surface area contributed by atoms with Gasteiger partial charge >= 0.3 is 0 Å². The molecule has 0 saturated carbocycles. The summed E-state index contributed by atoms with van der Waals surface area (Å²) in [4.78, 5) is 0.306. The first-order valence-corrected chi connectivity index (χ1v) is 11.2. The van der Waals surface area contributed by atoms with Crippen LogP contribution in [0.2, 0.25) is 0 Å². The molecule has 0 aliphatic carbocycles. The largest absolute Gasteiger partial charge is 0.281 e. The minimum absolute atomic E-state index is 0.133. The maximum absolute atomic E-state index is 12.5. The average Bonchev–Trinajstić information content (AvgIpc) is 2.55. The number of hydrogen-bond acceptors (Lipinski definition) is 4. The van der Waals surface area contributed by atoms with Crippen LogP contribution in [0.25, 0.3) is 0 Å². The summed E-state index contributed by atoms with van der Waals surface area (Å²) < 4.78 is 54.6. The number of hydrogen-bond donors (Lipinski definition) is 1. The molecule has 9 heteroatoms. The van der Waals surface area contributed by atoms with Gasteiger partial charge < -0.3 is 0 Å². The van der Waals surface area contributed by atoms with Gasteiger partial charge in [0.15, 0.2) is 0 Å². The Hall–Kier alpha value is -1.00. The van der Waals surface area contributed by atoms with Gasteiger partial charge in [0.05, 0.1) is 4.90 Å². The third-order valence-corrected chi connectivity index (χ3v) is 8.06. The molecule has 1 heterocycles. The summed E-state index contributed by atoms with van der Waals surface area (Å²) in [5.41, 5.74) is 1.61. The number of sulfonamides is 1. The van der Waals surface area contributed by atoms with E-state index in [1.165, 1.54) is 22.7 Å². The van der Waals surface area contributed by atoms with Crippen molar-refractivity contribution < 1.29 is 16.8 Å². The lowest BCUT2D eigenvalue weighted by atomic mass is 9.99. The van der Waals surface area contributed by atoms with Crippen LogP contribution in [0.1, 0.15) is 24.0 Å². The van der Waals surface area contributed by atoms with Crippen LogP contribution in [0.15, 0.2) is 23.1 Å². The van der Waals surface area contributed by atoms with Gasteiger partial charge in [0.1, 0.15) is 0 Å². The Morgan fingerprint density at radius 2 is 1.72 bits per heavy atom. The average molecular weight is 390 g/mol. The van der Waals surface area contributed by atoms with Gasteiger partial charge in [-0.2, -0.15) is 17.0 Å². The second-order valence-electron chi connectivity index (χ2n) is 6.75. The van der Waals surface area contributed by atoms with Gasteiger partial charge in [-0.1, -0.05) is 12.1 Å². The second-order valence-corrected chi connectivity index (χ2v) is 10.6. The van der Waals surface area contributed by atoms with Crippen LogP contribution < -0.4 is 4.72 Å². The molecule has 0 spiro atoms. The molecule has 1 aliphatic rings. The van der Waals surface area contributed by atoms with E-state index >= 15 is 0 Å². The van der Waals surface area contributed by atoms with Gasteiger partial charge in [-0.3, -0.25) is 0 Å². The first-order chi connectivity index (χ1) is 11.5. The molecule has 0 bridgehead atoms. The Bertz CT molecular complexity index is 812. The lowest BCUT2D eigenvalue weighted by molar-refractivity contribution is 0.263. The van der Waals surface area contributed by atoms with Crippen molar-refractivity contribution in [2.75, 3.05) is 33.7 Å². The minimum Gasteiger partial charge on any atom is -0.211 e. The zero-order valence-electron chi connectivity index (χ0n) is 15.2. The van der Waals surface area contributed by atoms with Gasteiger partial charge in [-0.25, -0.2) is 13.1 Å². The predicted octanol–water partition coefficient (Wildman–Crippen LogP) is 1.10. The van der Waals surface area contributed by atoms with Crippen molar-refractivity contribution in [3.63, 3.8) is 0 Å². The number of nitrogens with zero attached hydrogens (tertiary/aromatic N) is 2. The van der Waals surface area contributed by atoms with Crippen LogP contribution in [-0.2, 0) is 20.2 Å². The summed E-state index contributed by atoms with van der Waals surface area (Å²) in [6, 6.07) is 5.35. The van der Waals surface area contributed by atoms with E-state index in [0.717, 1.165) is 5.56 Å². The number of rotatable bonds is 6. The fourth-order valence-corrected chi connectivity index (χ4v) is 5.45. The van der Waals surface area contributed by atoms with Gasteiger partial charge in [0.25, 0.3) is 10.2 Å². The quantitative estimate of drug-likeness (QED) is 0.789. The third-order valence-electron chi connectivity index (χ3n) is 4.56. The van der Waals surface area contributed by atoms with Crippen LogP contribution in [0, 0.1) is 19.8 Å². The number of aryl methyl sites for hydroxylation is 2. The van der Waals surface area contributed by atoms with Gasteiger partial charge in [0.2, 0.25) is 10.0 Å². The van der Waals surface area contributed by atoms with Crippen molar-refractivity contribution in [1.82, 2.24) is 13.3 Å². The molecule has 1 saturated heterocycles. The lowest BCUT2D eigenvalue weighted by Crippen LogP contribution is -2.45. The molecule has 0 atom stereocenters. The molecule has 1 aliphatic heterocycles. The van der Waals surface area contributed by atoms with Crippen LogP contribution >= 0.6 is 0 Å². The SMILES string of the molecule is Cc1ccc(C)c(S(=O)(=O)NCC2CCN(S(=O)(=O)N(C)C)CC2)c1. The summed E-state index contributed by atoms with van der Waals surface area (Å²) in [5, 5.41) is 0. The van der Waals surface area contributed by atoms with E-state index in [2.05, 4.69) is 4.72 Å². The number of nitrogens with one attached hydrogen (secondary N) is 1. The molecule has 2 rings (SSSR count). The van der Waals surface area contributed by atoms with Crippen LogP contribution in [0.5, 0.6) is 0 Å². The Balaban J connectivity index is 1.96. The molecule has 0 amide bonds. The normalized spacial score (nSPS) is 18.0. The predicted molar refractivity (Wildman–Crippen MR) is 98.0 cm³/mol. The minimum atomic E-state index is -3.56. The number of piperidine rings is 1. The Labute approximate surface area is 151 Å². The molecule has 7 nitrogen and oxygen atoms in total. The van der Waals surface area contributed by atoms with Crippen LogP contribution in [0.3, 0.4) is 0 Å². The Morgan fingerprint density at radius 3 is 2.28 bits per heavy atom. The molecule has 0 aromatic heterocycles. The Kier molecular flexibility index (Phi) is 6.26. The zero-order valence-corrected chi connectivity index (χ0v) is 16.8. The first kappa shape index (κ1) is 20.3. The molecule has 142 valence electrons. The van der Waals surface area contributed by atoms with Gasteiger partial charge in [-0.15, -0.1) is 0 Å². The second kappa shape index (κ2) is 7.71. The van der Waals surface area contributed by atoms with E-state index in [1.54, 1.807) is 19.1 Å². The zero-order chi connectivity index (χ0) is 18.8. The molecule has 0 radical (unpaired) electrons. The van der Waals surface area contributed by atoms with E-state index in [0.29, 0.717) is 42.9 Å². The van der Waals surface area contributed by atoms with E-state index in [9.17, 15) is 16.8 Å². The first-order valence-electron chi connectivity index (χ1n) is 8.28.